The molecule has 0 bridgehead atoms. The van der Waals surface area contributed by atoms with Crippen LogP contribution in [0.2, 0.25) is 0 Å². The normalized spacial score (nSPS) is 20.3. The Balaban J connectivity index is 1.78. The van der Waals surface area contributed by atoms with Gasteiger partial charge in [-0.15, -0.1) is 0 Å². The highest BCUT2D eigenvalue weighted by Crippen LogP contribution is 2.19. The molecule has 5 nitrogen and oxygen atoms in total. The van der Waals surface area contributed by atoms with Crippen LogP contribution in [0.5, 0.6) is 0 Å². The van der Waals surface area contributed by atoms with Crippen molar-refractivity contribution in [2.45, 2.75) is 32.9 Å². The number of nitrogens with zero attached hydrogens (tertiary/aromatic N) is 3. The van der Waals surface area contributed by atoms with Crippen LogP contribution >= 0.6 is 0 Å². The first kappa shape index (κ1) is 14.3. The number of likely N-dealkylation sites (tertiary alicyclic amines) is 1. The molecule has 1 saturated heterocycles. The minimum Gasteiger partial charge on any atom is -0.383 e. The first-order chi connectivity index (χ1) is 9.20. The van der Waals surface area contributed by atoms with Crippen LogP contribution in [0.4, 0.5) is 5.95 Å². The van der Waals surface area contributed by atoms with Gasteiger partial charge in [-0.25, -0.2) is 4.98 Å². The highest BCUT2D eigenvalue weighted by Gasteiger charge is 2.24. The van der Waals surface area contributed by atoms with Crippen molar-refractivity contribution in [2.75, 3.05) is 38.7 Å². The van der Waals surface area contributed by atoms with E-state index in [4.69, 9.17) is 4.74 Å². The molecular weight excluding hydrogens is 240 g/mol. The SMILES string of the molecule is COCCn1ccnc1NCC1CCN(C(C)C)C1. The van der Waals surface area contributed by atoms with Crippen molar-refractivity contribution in [3.63, 3.8) is 0 Å². The molecule has 0 spiro atoms. The molecule has 2 heterocycles. The summed E-state index contributed by atoms with van der Waals surface area (Å²) in [5, 5.41) is 3.47. The van der Waals surface area contributed by atoms with E-state index in [0.717, 1.165) is 31.6 Å². The number of rotatable bonds is 7. The van der Waals surface area contributed by atoms with Crippen LogP contribution in [0, 0.1) is 5.92 Å². The van der Waals surface area contributed by atoms with Gasteiger partial charge in [-0.2, -0.15) is 0 Å². The molecule has 1 unspecified atom stereocenters. The Morgan fingerprint density at radius 1 is 1.53 bits per heavy atom. The monoisotopic (exact) mass is 266 g/mol. The Bertz CT molecular complexity index is 377. The van der Waals surface area contributed by atoms with E-state index in [1.54, 1.807) is 7.11 Å². The maximum atomic E-state index is 5.11. The van der Waals surface area contributed by atoms with Crippen molar-refractivity contribution < 1.29 is 4.74 Å². The summed E-state index contributed by atoms with van der Waals surface area (Å²) in [6, 6.07) is 0.661. The van der Waals surface area contributed by atoms with Crippen LogP contribution in [0.3, 0.4) is 0 Å². The fourth-order valence-electron chi connectivity index (χ4n) is 2.58. The summed E-state index contributed by atoms with van der Waals surface area (Å²) >= 11 is 0. The Morgan fingerprint density at radius 2 is 2.37 bits per heavy atom. The summed E-state index contributed by atoms with van der Waals surface area (Å²) in [6.45, 7) is 9.54. The van der Waals surface area contributed by atoms with Crippen molar-refractivity contribution in [2.24, 2.45) is 5.92 Å². The highest BCUT2D eigenvalue weighted by atomic mass is 16.5. The second-order valence-corrected chi connectivity index (χ2v) is 5.56. The smallest absolute Gasteiger partial charge is 0.202 e. The van der Waals surface area contributed by atoms with Gasteiger partial charge in [-0.1, -0.05) is 0 Å². The van der Waals surface area contributed by atoms with Crippen molar-refractivity contribution in [1.29, 1.82) is 0 Å². The van der Waals surface area contributed by atoms with Gasteiger partial charge < -0.3 is 19.5 Å². The summed E-state index contributed by atoms with van der Waals surface area (Å²) in [5.74, 6) is 1.69. The molecular formula is C14H26N4O. The molecule has 5 heteroatoms. The Kier molecular flexibility index (Phi) is 5.22. The van der Waals surface area contributed by atoms with E-state index in [1.807, 2.05) is 12.4 Å². The van der Waals surface area contributed by atoms with Gasteiger partial charge in [-0.05, 0) is 32.7 Å². The summed E-state index contributed by atoms with van der Waals surface area (Å²) in [4.78, 5) is 6.91. The van der Waals surface area contributed by atoms with Crippen molar-refractivity contribution in [3.8, 4) is 0 Å². The molecule has 0 radical (unpaired) electrons. The second-order valence-electron chi connectivity index (χ2n) is 5.56. The molecule has 1 aliphatic rings. The van der Waals surface area contributed by atoms with E-state index in [9.17, 15) is 0 Å². The predicted molar refractivity (Wildman–Crippen MR) is 77.4 cm³/mol. The highest BCUT2D eigenvalue weighted by molar-refractivity contribution is 5.25. The van der Waals surface area contributed by atoms with Gasteiger partial charge in [0.15, 0.2) is 0 Å². The lowest BCUT2D eigenvalue weighted by Crippen LogP contribution is -2.29. The largest absolute Gasteiger partial charge is 0.383 e. The van der Waals surface area contributed by atoms with Crippen LogP contribution in [0.15, 0.2) is 12.4 Å². The van der Waals surface area contributed by atoms with Crippen LogP contribution in [0.25, 0.3) is 0 Å². The molecule has 2 rings (SSSR count). The number of nitrogens with one attached hydrogen (secondary N) is 1. The van der Waals surface area contributed by atoms with E-state index in [-0.39, 0.29) is 0 Å². The zero-order valence-electron chi connectivity index (χ0n) is 12.3. The van der Waals surface area contributed by atoms with Gasteiger partial charge in [0.25, 0.3) is 0 Å². The lowest BCUT2D eigenvalue weighted by Gasteiger charge is -2.20. The average Bonchev–Trinajstić information content (AvgIpc) is 3.02. The van der Waals surface area contributed by atoms with Crippen molar-refractivity contribution in [1.82, 2.24) is 14.5 Å². The average molecular weight is 266 g/mol. The lowest BCUT2D eigenvalue weighted by atomic mass is 10.1. The molecule has 0 amide bonds. The molecule has 108 valence electrons. The molecule has 1 atom stereocenters. The van der Waals surface area contributed by atoms with Crippen molar-refractivity contribution >= 4 is 5.95 Å². The minimum atomic E-state index is 0.661. The van der Waals surface area contributed by atoms with Gasteiger partial charge in [0.05, 0.1) is 6.61 Å². The third-order valence-electron chi connectivity index (χ3n) is 3.85. The van der Waals surface area contributed by atoms with Gasteiger partial charge in [0.1, 0.15) is 0 Å². The Hall–Kier alpha value is -1.07. The van der Waals surface area contributed by atoms with Gasteiger partial charge in [-0.3, -0.25) is 0 Å². The third kappa shape index (κ3) is 3.94. The quantitative estimate of drug-likeness (QED) is 0.815. The Morgan fingerprint density at radius 3 is 3.05 bits per heavy atom. The maximum Gasteiger partial charge on any atom is 0.202 e. The number of ether oxygens (including phenoxy) is 1. The zero-order chi connectivity index (χ0) is 13.7. The van der Waals surface area contributed by atoms with Gasteiger partial charge in [0, 0.05) is 45.2 Å². The molecule has 0 saturated carbocycles. The number of imidazole rings is 1. The Labute approximate surface area is 116 Å². The zero-order valence-corrected chi connectivity index (χ0v) is 12.3. The standard InChI is InChI=1S/C14H26N4O/c1-12(2)18-6-4-13(11-18)10-16-14-15-5-7-17(14)8-9-19-3/h5,7,12-13H,4,6,8-11H2,1-3H3,(H,15,16). The first-order valence-electron chi connectivity index (χ1n) is 7.18. The first-order valence-corrected chi connectivity index (χ1v) is 7.18. The lowest BCUT2D eigenvalue weighted by molar-refractivity contribution is 0.187. The second kappa shape index (κ2) is 6.91. The topological polar surface area (TPSA) is 42.3 Å². The summed E-state index contributed by atoms with van der Waals surface area (Å²) in [7, 11) is 1.73. The minimum absolute atomic E-state index is 0.661. The number of hydrogen-bond acceptors (Lipinski definition) is 4. The third-order valence-corrected chi connectivity index (χ3v) is 3.85. The molecule has 19 heavy (non-hydrogen) atoms. The fraction of sp³-hybridized carbons (Fsp3) is 0.786. The summed E-state index contributed by atoms with van der Waals surface area (Å²) in [6.07, 6.45) is 5.12. The van der Waals surface area contributed by atoms with Crippen molar-refractivity contribution in [3.05, 3.63) is 12.4 Å². The van der Waals surface area contributed by atoms with Crippen LogP contribution < -0.4 is 5.32 Å². The van der Waals surface area contributed by atoms with Crippen LogP contribution in [-0.4, -0.2) is 53.8 Å². The van der Waals surface area contributed by atoms with Crippen LogP contribution in [-0.2, 0) is 11.3 Å². The maximum absolute atomic E-state index is 5.11. The fourth-order valence-corrected chi connectivity index (χ4v) is 2.58. The van der Waals surface area contributed by atoms with E-state index >= 15 is 0 Å². The molecule has 1 aromatic rings. The number of methoxy groups -OCH3 is 1. The molecule has 1 N–H and O–H groups in total. The van der Waals surface area contributed by atoms with E-state index in [0.29, 0.717) is 6.04 Å². The summed E-state index contributed by atoms with van der Waals surface area (Å²) in [5.41, 5.74) is 0. The van der Waals surface area contributed by atoms with E-state index in [1.165, 1.54) is 19.5 Å². The number of anilines is 1. The molecule has 1 aliphatic heterocycles. The van der Waals surface area contributed by atoms with E-state index < -0.39 is 0 Å². The van der Waals surface area contributed by atoms with Crippen LogP contribution in [0.1, 0.15) is 20.3 Å². The van der Waals surface area contributed by atoms with Gasteiger partial charge in [0.2, 0.25) is 5.95 Å². The number of hydrogen-bond donors (Lipinski definition) is 1. The molecule has 1 fully saturated rings. The van der Waals surface area contributed by atoms with E-state index in [2.05, 4.69) is 33.6 Å². The molecule has 0 aliphatic carbocycles. The molecule has 1 aromatic heterocycles. The molecule has 0 aromatic carbocycles. The number of aromatic nitrogens is 2. The predicted octanol–water partition coefficient (Wildman–Crippen LogP) is 1.67. The summed E-state index contributed by atoms with van der Waals surface area (Å²) < 4.78 is 7.22. The van der Waals surface area contributed by atoms with Gasteiger partial charge >= 0.3 is 0 Å².